The van der Waals surface area contributed by atoms with Gasteiger partial charge in [-0.2, -0.15) is 23.4 Å². The topological polar surface area (TPSA) is 199 Å². The van der Waals surface area contributed by atoms with E-state index in [0.29, 0.717) is 38.5 Å². The minimum absolute atomic E-state index is 0.00165. The molecule has 3 N–H and O–H groups in total. The number of halogens is 4. The normalized spacial score (nSPS) is 21.0. The van der Waals surface area contributed by atoms with E-state index in [-0.39, 0.29) is 78.0 Å². The molecule has 3 atom stereocenters. The number of nitrogens with zero attached hydrogens (tertiary/aromatic N) is 8. The molecule has 0 spiro atoms. The van der Waals surface area contributed by atoms with Crippen LogP contribution in [0.15, 0.2) is 73.1 Å². The number of anilines is 1. The number of hydrogen-bond acceptors (Lipinski definition) is 11. The number of fused-ring (bicyclic) bond motifs is 1. The lowest BCUT2D eigenvalue weighted by Crippen LogP contribution is -2.54. The van der Waals surface area contributed by atoms with E-state index in [1.807, 2.05) is 35.1 Å². The van der Waals surface area contributed by atoms with Gasteiger partial charge in [-0.3, -0.25) is 53.7 Å². The Hall–Kier alpha value is -7.29. The fraction of sp³-hybridized carbons (Fsp3) is 0.431. The van der Waals surface area contributed by atoms with Gasteiger partial charge < -0.3 is 15.1 Å². The summed E-state index contributed by atoms with van der Waals surface area (Å²) in [5.41, 5.74) is 2.98. The van der Waals surface area contributed by atoms with Crippen LogP contribution < -0.4 is 15.5 Å². The van der Waals surface area contributed by atoms with Crippen molar-refractivity contribution in [1.82, 2.24) is 50.3 Å². The Balaban J connectivity index is 0.647. The monoisotopic (exact) mass is 991 g/mol. The Kier molecular flexibility index (Phi) is 12.8. The summed E-state index contributed by atoms with van der Waals surface area (Å²) in [7, 11) is 0. The number of imide groups is 2. The average Bonchev–Trinajstić information content (AvgIpc) is 3.64. The van der Waals surface area contributed by atoms with Crippen LogP contribution >= 0.6 is 0 Å². The Morgan fingerprint density at radius 3 is 2.11 bits per heavy atom. The summed E-state index contributed by atoms with van der Waals surface area (Å²) in [5.74, 6) is -3.53. The van der Waals surface area contributed by atoms with Gasteiger partial charge in [0.1, 0.15) is 23.1 Å². The standard InChI is InChI=1S/C51H53F4N11O6/c1-50(2,51(53,54)55)49-58-42(60-61-49)25-56-45(69)36-21-35(36)33-9-7-31(8-10-33)30-3-5-32(6-4-30)34-24-57-65(27-34)26-29-13-15-62(16-14-29)28-44(68)64-19-17-63(18-20-64)41-23-38-37(22-39(41)52)47(71)66(48(38)72)40-11-12-43(67)59-46(40)70/h3-10,22-24,27,29,35-36,40H,11-21,25-26,28H2,1-2H3,(H,56,69)(H,58,60,61)(H,59,67,70)/t35-,36+,40?/m1/s1. The lowest BCUT2D eigenvalue weighted by molar-refractivity contribution is -0.182. The number of nitrogens with one attached hydrogen (secondary N) is 3. The van der Waals surface area contributed by atoms with E-state index in [9.17, 15) is 41.9 Å². The molecule has 21 heteroatoms. The lowest BCUT2D eigenvalue weighted by atomic mass is 9.92. The van der Waals surface area contributed by atoms with Crippen LogP contribution in [-0.4, -0.2) is 133 Å². The molecule has 5 aromatic rings. The van der Waals surface area contributed by atoms with Gasteiger partial charge in [-0.15, -0.1) is 0 Å². The average molecular weight is 992 g/mol. The molecule has 3 aromatic carbocycles. The van der Waals surface area contributed by atoms with E-state index in [2.05, 4.69) is 66.3 Å². The summed E-state index contributed by atoms with van der Waals surface area (Å²) in [6, 6.07) is 17.6. The molecule has 4 aliphatic heterocycles. The summed E-state index contributed by atoms with van der Waals surface area (Å²) in [5, 5.41) is 15.8. The van der Waals surface area contributed by atoms with E-state index in [0.717, 1.165) is 85.1 Å². The van der Waals surface area contributed by atoms with Crippen LogP contribution in [0, 0.1) is 17.7 Å². The third-order valence-electron chi connectivity index (χ3n) is 14.9. The zero-order valence-corrected chi connectivity index (χ0v) is 39.7. The number of piperazine rings is 1. The van der Waals surface area contributed by atoms with Gasteiger partial charge in [0.2, 0.25) is 23.6 Å². The molecule has 0 bridgehead atoms. The van der Waals surface area contributed by atoms with Crippen molar-refractivity contribution in [3.05, 3.63) is 107 Å². The van der Waals surface area contributed by atoms with Crippen LogP contribution in [0.25, 0.3) is 22.3 Å². The number of piperidine rings is 2. The number of carbonyl (C=O) groups excluding carboxylic acids is 6. The molecular weight excluding hydrogens is 939 g/mol. The molecule has 4 fully saturated rings. The number of carbonyl (C=O) groups is 6. The molecule has 10 rings (SSSR count). The predicted octanol–water partition coefficient (Wildman–Crippen LogP) is 5.20. The van der Waals surface area contributed by atoms with Crippen molar-refractivity contribution in [2.75, 3.05) is 50.7 Å². The van der Waals surface area contributed by atoms with Crippen molar-refractivity contribution in [1.29, 1.82) is 0 Å². The number of alkyl halides is 3. The Morgan fingerprint density at radius 1 is 0.819 bits per heavy atom. The van der Waals surface area contributed by atoms with Gasteiger partial charge in [0.15, 0.2) is 5.82 Å². The summed E-state index contributed by atoms with van der Waals surface area (Å²) in [6.07, 6.45) is 1.91. The zero-order chi connectivity index (χ0) is 50.6. The van der Waals surface area contributed by atoms with Crippen LogP contribution in [0.1, 0.15) is 89.8 Å². The van der Waals surface area contributed by atoms with Gasteiger partial charge in [0.25, 0.3) is 11.8 Å². The molecule has 1 unspecified atom stereocenters. The van der Waals surface area contributed by atoms with Crippen LogP contribution in [-0.2, 0) is 37.7 Å². The fourth-order valence-electron chi connectivity index (χ4n) is 10.1. The maximum Gasteiger partial charge on any atom is 0.401 e. The first-order valence-corrected chi connectivity index (χ1v) is 24.2. The van der Waals surface area contributed by atoms with Crippen molar-refractivity contribution in [2.45, 2.75) is 82.6 Å². The molecule has 1 aliphatic carbocycles. The molecule has 0 radical (unpaired) electrons. The highest BCUT2D eigenvalue weighted by Crippen LogP contribution is 2.48. The van der Waals surface area contributed by atoms with E-state index >= 15 is 4.39 Å². The van der Waals surface area contributed by atoms with Gasteiger partial charge in [0, 0.05) is 56.8 Å². The van der Waals surface area contributed by atoms with Crippen molar-refractivity contribution in [3.63, 3.8) is 0 Å². The van der Waals surface area contributed by atoms with Crippen molar-refractivity contribution in [2.24, 2.45) is 11.8 Å². The Labute approximate surface area is 411 Å². The molecule has 3 saturated heterocycles. The number of aromatic amines is 1. The molecule has 6 heterocycles. The predicted molar refractivity (Wildman–Crippen MR) is 252 cm³/mol. The lowest BCUT2D eigenvalue weighted by Gasteiger charge is -2.38. The number of aromatic nitrogens is 5. The number of H-pyrrole nitrogens is 1. The van der Waals surface area contributed by atoms with E-state index in [4.69, 9.17) is 0 Å². The van der Waals surface area contributed by atoms with E-state index in [1.54, 1.807) is 9.80 Å². The summed E-state index contributed by atoms with van der Waals surface area (Å²) < 4.78 is 57.6. The summed E-state index contributed by atoms with van der Waals surface area (Å²) in [6.45, 7) is 5.97. The number of rotatable bonds is 13. The smallest absolute Gasteiger partial charge is 0.366 e. The maximum atomic E-state index is 15.5. The third-order valence-corrected chi connectivity index (χ3v) is 14.9. The molecule has 376 valence electrons. The third kappa shape index (κ3) is 9.60. The molecule has 2 aromatic heterocycles. The van der Waals surface area contributed by atoms with Crippen LogP contribution in [0.4, 0.5) is 23.2 Å². The van der Waals surface area contributed by atoms with Crippen molar-refractivity contribution < 1.29 is 46.3 Å². The second kappa shape index (κ2) is 19.0. The number of likely N-dealkylation sites (tertiary alicyclic amines) is 1. The van der Waals surface area contributed by atoms with Crippen LogP contribution in [0.2, 0.25) is 0 Å². The summed E-state index contributed by atoms with van der Waals surface area (Å²) in [4.78, 5) is 87.3. The first-order valence-electron chi connectivity index (χ1n) is 24.2. The Bertz CT molecular complexity index is 2940. The minimum atomic E-state index is -4.51. The molecular formula is C51H53F4N11O6. The molecule has 72 heavy (non-hydrogen) atoms. The largest absolute Gasteiger partial charge is 0.401 e. The van der Waals surface area contributed by atoms with Gasteiger partial charge in [-0.25, -0.2) is 9.37 Å². The molecule has 17 nitrogen and oxygen atoms in total. The first-order chi connectivity index (χ1) is 34.4. The molecule has 1 saturated carbocycles. The summed E-state index contributed by atoms with van der Waals surface area (Å²) >= 11 is 0. The quantitative estimate of drug-likeness (QED) is 0.104. The zero-order valence-electron chi connectivity index (χ0n) is 39.7. The number of amides is 6. The second-order valence-electron chi connectivity index (χ2n) is 19.9. The van der Waals surface area contributed by atoms with Crippen LogP contribution in [0.3, 0.4) is 0 Å². The van der Waals surface area contributed by atoms with Gasteiger partial charge in [-0.1, -0.05) is 48.5 Å². The SMILES string of the molecule is CC(C)(c1n[nH]c(CNC(=O)[C@H]2C[C@@H]2c2ccc(-c3ccc(-c4cnn(CC5CCN(CC(=O)N6CCN(c7cc8c(cc7F)C(=O)N(C7CCC(=O)NC7=O)C8=O)CC6)CC5)c4)cc3)cc2)n1)C(F)(F)F. The minimum Gasteiger partial charge on any atom is -0.366 e. The highest BCUT2D eigenvalue weighted by atomic mass is 19.4. The Morgan fingerprint density at radius 2 is 1.46 bits per heavy atom. The van der Waals surface area contributed by atoms with Crippen LogP contribution in [0.5, 0.6) is 0 Å². The second-order valence-corrected chi connectivity index (χ2v) is 19.9. The highest BCUT2D eigenvalue weighted by Gasteiger charge is 2.52. The van der Waals surface area contributed by atoms with Gasteiger partial charge >= 0.3 is 6.18 Å². The van der Waals surface area contributed by atoms with E-state index in [1.165, 1.54) is 6.07 Å². The highest BCUT2D eigenvalue weighted by molar-refractivity contribution is 6.23. The first kappa shape index (κ1) is 48.3. The fourth-order valence-corrected chi connectivity index (χ4v) is 10.1. The van der Waals surface area contributed by atoms with Gasteiger partial charge in [-0.05, 0) is 98.8 Å². The maximum absolute atomic E-state index is 15.5. The molecule has 5 aliphatic rings. The number of hydrogen-bond donors (Lipinski definition) is 3. The van der Waals surface area contributed by atoms with Crippen molar-refractivity contribution >= 4 is 41.1 Å². The van der Waals surface area contributed by atoms with Crippen molar-refractivity contribution in [3.8, 4) is 22.3 Å². The van der Waals surface area contributed by atoms with Gasteiger partial charge in [0.05, 0.1) is 36.1 Å². The van der Waals surface area contributed by atoms with E-state index < -0.39 is 47.1 Å². The molecule has 6 amide bonds. The number of benzene rings is 3.